The Morgan fingerprint density at radius 1 is 1.47 bits per heavy atom. The Bertz CT molecular complexity index is 568. The lowest BCUT2D eigenvalue weighted by Gasteiger charge is -2.21. The maximum Gasteiger partial charge on any atom is 0.271 e. The molecule has 0 saturated heterocycles. The fourth-order valence-electron chi connectivity index (χ4n) is 2.48. The van der Waals surface area contributed by atoms with Crippen molar-refractivity contribution in [3.8, 4) is 0 Å². The normalized spacial score (nSPS) is 17.7. The Balaban J connectivity index is 1.69. The average Bonchev–Trinajstić information content (AvgIpc) is 3.02. The first-order valence-corrected chi connectivity index (χ1v) is 6.47. The molecule has 0 bridgehead atoms. The Hall–Kier alpha value is -1.95. The van der Waals surface area contributed by atoms with E-state index >= 15 is 0 Å². The quantitative estimate of drug-likeness (QED) is 0.854. The Morgan fingerprint density at radius 2 is 2.26 bits per heavy atom. The van der Waals surface area contributed by atoms with Crippen LogP contribution in [0.3, 0.4) is 0 Å². The first-order valence-electron chi connectivity index (χ1n) is 6.47. The number of hydrogen-bond donors (Lipinski definition) is 2. The fraction of sp³-hybridized carbons (Fsp3) is 0.462. The third-order valence-electron chi connectivity index (χ3n) is 3.58. The summed E-state index contributed by atoms with van der Waals surface area (Å²) in [7, 11) is 0. The summed E-state index contributed by atoms with van der Waals surface area (Å²) in [5.41, 5.74) is -0.423. The summed E-state index contributed by atoms with van der Waals surface area (Å²) in [6.07, 6.45) is 8.59. The zero-order chi connectivity index (χ0) is 13.3. The SMILES string of the molecule is O=C(NCC1(O)CCCC1)c1cn2cccnc2n1. The molecule has 1 saturated carbocycles. The van der Waals surface area contributed by atoms with Gasteiger partial charge in [-0.15, -0.1) is 0 Å². The van der Waals surface area contributed by atoms with Crippen LogP contribution in [0.1, 0.15) is 36.2 Å². The molecule has 100 valence electrons. The number of aliphatic hydroxyl groups is 1. The van der Waals surface area contributed by atoms with Crippen LogP contribution < -0.4 is 5.32 Å². The maximum atomic E-state index is 12.0. The van der Waals surface area contributed by atoms with E-state index in [9.17, 15) is 9.90 Å². The van der Waals surface area contributed by atoms with Crippen molar-refractivity contribution in [2.75, 3.05) is 6.54 Å². The molecule has 6 heteroatoms. The third kappa shape index (κ3) is 2.44. The van der Waals surface area contributed by atoms with E-state index in [2.05, 4.69) is 15.3 Å². The van der Waals surface area contributed by atoms with E-state index < -0.39 is 5.60 Å². The molecule has 0 aliphatic heterocycles. The Labute approximate surface area is 110 Å². The number of hydrogen-bond acceptors (Lipinski definition) is 4. The largest absolute Gasteiger partial charge is 0.388 e. The second kappa shape index (κ2) is 4.62. The van der Waals surface area contributed by atoms with Gasteiger partial charge in [-0.1, -0.05) is 12.8 Å². The number of nitrogens with zero attached hydrogens (tertiary/aromatic N) is 3. The second-order valence-corrected chi connectivity index (χ2v) is 5.07. The predicted octanol–water partition coefficient (Wildman–Crippen LogP) is 0.764. The molecule has 2 aromatic heterocycles. The molecule has 0 spiro atoms. The minimum absolute atomic E-state index is 0.272. The standard InChI is InChI=1S/C13H16N4O2/c18-11(15-9-13(19)4-1-2-5-13)10-8-17-7-3-6-14-12(17)16-10/h3,6-8,19H,1-2,4-5,9H2,(H,15,18). The summed E-state index contributed by atoms with van der Waals surface area (Å²) in [5.74, 6) is 0.220. The second-order valence-electron chi connectivity index (χ2n) is 5.07. The molecule has 2 aromatic rings. The van der Waals surface area contributed by atoms with Gasteiger partial charge in [0.05, 0.1) is 5.60 Å². The molecule has 0 radical (unpaired) electrons. The Morgan fingerprint density at radius 3 is 3.00 bits per heavy atom. The van der Waals surface area contributed by atoms with Crippen LogP contribution in [0, 0.1) is 0 Å². The van der Waals surface area contributed by atoms with Gasteiger partial charge in [0, 0.05) is 25.1 Å². The zero-order valence-electron chi connectivity index (χ0n) is 10.5. The highest BCUT2D eigenvalue weighted by molar-refractivity contribution is 5.92. The number of rotatable bonds is 3. The van der Waals surface area contributed by atoms with Crippen LogP contribution in [-0.4, -0.2) is 37.5 Å². The number of carbonyl (C=O) groups excluding carboxylic acids is 1. The number of carbonyl (C=O) groups is 1. The predicted molar refractivity (Wildman–Crippen MR) is 68.7 cm³/mol. The first kappa shape index (κ1) is 12.1. The van der Waals surface area contributed by atoms with Crippen LogP contribution in [0.25, 0.3) is 5.78 Å². The highest BCUT2D eigenvalue weighted by Crippen LogP contribution is 2.28. The summed E-state index contributed by atoms with van der Waals surface area (Å²) in [5, 5.41) is 12.9. The van der Waals surface area contributed by atoms with Gasteiger partial charge in [0.25, 0.3) is 5.91 Å². The van der Waals surface area contributed by atoms with Crippen molar-refractivity contribution in [3.05, 3.63) is 30.4 Å². The van der Waals surface area contributed by atoms with Gasteiger partial charge in [-0.3, -0.25) is 9.20 Å². The summed E-state index contributed by atoms with van der Waals surface area (Å²) >= 11 is 0. The summed E-state index contributed by atoms with van der Waals surface area (Å²) in [6.45, 7) is 0.285. The number of aromatic nitrogens is 3. The van der Waals surface area contributed by atoms with Gasteiger partial charge >= 0.3 is 0 Å². The van der Waals surface area contributed by atoms with Crippen LogP contribution in [0.4, 0.5) is 0 Å². The third-order valence-corrected chi connectivity index (χ3v) is 3.58. The molecular weight excluding hydrogens is 244 g/mol. The van der Waals surface area contributed by atoms with Crippen LogP contribution in [0.15, 0.2) is 24.7 Å². The smallest absolute Gasteiger partial charge is 0.271 e. The lowest BCUT2D eigenvalue weighted by molar-refractivity contribution is 0.0449. The van der Waals surface area contributed by atoms with Gasteiger partial charge in [-0.2, -0.15) is 0 Å². The molecule has 0 unspecified atom stereocenters. The van der Waals surface area contributed by atoms with Crippen molar-refractivity contribution in [1.29, 1.82) is 0 Å². The van der Waals surface area contributed by atoms with Gasteiger partial charge in [0.2, 0.25) is 5.78 Å². The van der Waals surface area contributed by atoms with E-state index in [0.717, 1.165) is 25.7 Å². The van der Waals surface area contributed by atoms with Gasteiger partial charge in [0.15, 0.2) is 0 Å². The molecule has 1 aliphatic rings. The van der Waals surface area contributed by atoms with Crippen LogP contribution >= 0.6 is 0 Å². The lowest BCUT2D eigenvalue weighted by atomic mass is 10.0. The Kier molecular flexibility index (Phi) is 2.94. The van der Waals surface area contributed by atoms with E-state index in [4.69, 9.17) is 0 Å². The molecule has 1 aliphatic carbocycles. The lowest BCUT2D eigenvalue weighted by Crippen LogP contribution is -2.40. The molecule has 0 aromatic carbocycles. The van der Waals surface area contributed by atoms with Crippen molar-refractivity contribution in [2.45, 2.75) is 31.3 Å². The molecule has 3 rings (SSSR count). The molecule has 1 fully saturated rings. The molecule has 6 nitrogen and oxygen atoms in total. The van der Waals surface area contributed by atoms with Crippen molar-refractivity contribution in [2.24, 2.45) is 0 Å². The van der Waals surface area contributed by atoms with Crippen molar-refractivity contribution in [3.63, 3.8) is 0 Å². The van der Waals surface area contributed by atoms with Crippen molar-refractivity contribution < 1.29 is 9.90 Å². The molecule has 19 heavy (non-hydrogen) atoms. The number of imidazole rings is 1. The molecule has 1 amide bonds. The van der Waals surface area contributed by atoms with Gasteiger partial charge in [-0.25, -0.2) is 9.97 Å². The first-order chi connectivity index (χ1) is 9.16. The van der Waals surface area contributed by atoms with Crippen LogP contribution in [0.5, 0.6) is 0 Å². The topological polar surface area (TPSA) is 79.5 Å². The minimum Gasteiger partial charge on any atom is -0.388 e. The van der Waals surface area contributed by atoms with Gasteiger partial charge < -0.3 is 10.4 Å². The number of fused-ring (bicyclic) bond motifs is 1. The monoisotopic (exact) mass is 260 g/mol. The van der Waals surface area contributed by atoms with Crippen molar-refractivity contribution >= 4 is 11.7 Å². The summed E-state index contributed by atoms with van der Waals surface area (Å²) < 4.78 is 1.69. The molecule has 2 heterocycles. The molecular formula is C13H16N4O2. The van der Waals surface area contributed by atoms with Gasteiger partial charge in [0.1, 0.15) is 5.69 Å². The minimum atomic E-state index is -0.743. The highest BCUT2D eigenvalue weighted by Gasteiger charge is 2.31. The number of amides is 1. The van der Waals surface area contributed by atoms with Crippen molar-refractivity contribution in [1.82, 2.24) is 19.7 Å². The van der Waals surface area contributed by atoms with E-state index in [1.54, 1.807) is 29.1 Å². The molecule has 0 atom stereocenters. The van der Waals surface area contributed by atoms with Crippen LogP contribution in [-0.2, 0) is 0 Å². The fourth-order valence-corrected chi connectivity index (χ4v) is 2.48. The summed E-state index contributed by atoms with van der Waals surface area (Å²) in [6, 6.07) is 1.78. The zero-order valence-corrected chi connectivity index (χ0v) is 10.5. The maximum absolute atomic E-state index is 12.0. The van der Waals surface area contributed by atoms with Crippen LogP contribution in [0.2, 0.25) is 0 Å². The van der Waals surface area contributed by atoms with E-state index in [-0.39, 0.29) is 12.5 Å². The van der Waals surface area contributed by atoms with E-state index in [1.807, 2.05) is 0 Å². The summed E-state index contributed by atoms with van der Waals surface area (Å²) in [4.78, 5) is 20.2. The average molecular weight is 260 g/mol. The highest BCUT2D eigenvalue weighted by atomic mass is 16.3. The van der Waals surface area contributed by atoms with E-state index in [1.165, 1.54) is 0 Å². The van der Waals surface area contributed by atoms with E-state index in [0.29, 0.717) is 11.5 Å². The molecule has 2 N–H and O–H groups in total. The number of nitrogens with one attached hydrogen (secondary N) is 1. The van der Waals surface area contributed by atoms with Gasteiger partial charge in [-0.05, 0) is 18.9 Å².